The molecule has 88 valence electrons. The lowest BCUT2D eigenvalue weighted by molar-refractivity contribution is 0.420. The van der Waals surface area contributed by atoms with Crippen LogP contribution in [0.4, 0.5) is 0 Å². The Kier molecular flexibility index (Phi) is 3.97. The van der Waals surface area contributed by atoms with Gasteiger partial charge in [0, 0.05) is 0 Å². The summed E-state index contributed by atoms with van der Waals surface area (Å²) in [5.41, 5.74) is 3.71. The quantitative estimate of drug-likeness (QED) is 0.519. The monoisotopic (exact) mass is 242 g/mol. The van der Waals surface area contributed by atoms with Gasteiger partial charge in [0.05, 0.1) is 0 Å². The number of benzene rings is 1. The Morgan fingerprint density at radius 3 is 2.24 bits per heavy atom. The summed E-state index contributed by atoms with van der Waals surface area (Å²) in [6.07, 6.45) is 8.07. The second kappa shape index (κ2) is 5.47. The van der Waals surface area contributed by atoms with E-state index in [0.717, 1.165) is 16.8 Å². The third-order valence-electron chi connectivity index (χ3n) is 3.36. The van der Waals surface area contributed by atoms with E-state index >= 15 is 0 Å². The van der Waals surface area contributed by atoms with Crippen molar-refractivity contribution in [3.05, 3.63) is 66.0 Å². The fraction of sp³-hybridized carbons (Fsp3) is 0.250. The van der Waals surface area contributed by atoms with Crippen molar-refractivity contribution < 1.29 is 0 Å². The molecule has 0 nitrogen and oxygen atoms in total. The number of rotatable bonds is 4. The van der Waals surface area contributed by atoms with E-state index < -0.39 is 0 Å². The van der Waals surface area contributed by atoms with Crippen LogP contribution in [0.5, 0.6) is 0 Å². The van der Waals surface area contributed by atoms with Gasteiger partial charge in [0.25, 0.3) is 0 Å². The third kappa shape index (κ3) is 3.17. The van der Waals surface area contributed by atoms with E-state index in [0.29, 0.717) is 0 Å². The Morgan fingerprint density at radius 1 is 1.12 bits per heavy atom. The third-order valence-corrected chi connectivity index (χ3v) is 3.55. The Labute approximate surface area is 106 Å². The highest BCUT2D eigenvalue weighted by atomic mass is 31.0. The van der Waals surface area contributed by atoms with Gasteiger partial charge in [-0.25, -0.2) is 0 Å². The topological polar surface area (TPSA) is 0 Å². The predicted molar refractivity (Wildman–Crippen MR) is 80.1 cm³/mol. The van der Waals surface area contributed by atoms with Crippen LogP contribution >= 0.6 is 9.24 Å². The average Bonchev–Trinajstić information content (AvgIpc) is 2.24. The first-order valence-electron chi connectivity index (χ1n) is 6.08. The molecule has 0 spiro atoms. The largest absolute Gasteiger partial charge is 0.106 e. The Hall–Kier alpha value is -1.13. The Balaban J connectivity index is 2.06. The number of allylic oxidation sites excluding steroid dienone is 4. The normalized spacial score (nSPS) is 15.8. The summed E-state index contributed by atoms with van der Waals surface area (Å²) >= 11 is 0. The maximum atomic E-state index is 4.07. The van der Waals surface area contributed by atoms with Gasteiger partial charge in [0.1, 0.15) is 0 Å². The molecule has 1 atom stereocenters. The van der Waals surface area contributed by atoms with Crippen LogP contribution in [0.3, 0.4) is 0 Å². The lowest BCUT2D eigenvalue weighted by Crippen LogP contribution is -2.08. The summed E-state index contributed by atoms with van der Waals surface area (Å²) in [4.78, 5) is 0. The molecule has 1 unspecified atom stereocenters. The van der Waals surface area contributed by atoms with Crippen LogP contribution in [0.15, 0.2) is 54.9 Å². The molecule has 0 radical (unpaired) electrons. The highest BCUT2D eigenvalue weighted by Crippen LogP contribution is 2.36. The summed E-state index contributed by atoms with van der Waals surface area (Å²) < 4.78 is 0. The molecule has 1 heteroatoms. The van der Waals surface area contributed by atoms with Gasteiger partial charge in [-0.05, 0) is 40.8 Å². The highest BCUT2D eigenvalue weighted by molar-refractivity contribution is 7.22. The van der Waals surface area contributed by atoms with Crippen molar-refractivity contribution >= 4 is 14.8 Å². The molecule has 1 aliphatic carbocycles. The van der Waals surface area contributed by atoms with E-state index in [1.54, 1.807) is 0 Å². The zero-order valence-corrected chi connectivity index (χ0v) is 11.3. The van der Waals surface area contributed by atoms with Crippen LogP contribution in [0.25, 0.3) is 5.57 Å². The minimum absolute atomic E-state index is 0.805. The molecule has 0 bridgehead atoms. The van der Waals surface area contributed by atoms with Gasteiger partial charge in [-0.2, -0.15) is 0 Å². The van der Waals surface area contributed by atoms with Crippen molar-refractivity contribution in [2.24, 2.45) is 0 Å². The van der Waals surface area contributed by atoms with E-state index in [4.69, 9.17) is 0 Å². The fourth-order valence-corrected chi connectivity index (χ4v) is 2.11. The van der Waals surface area contributed by atoms with Gasteiger partial charge in [0.15, 0.2) is 0 Å². The van der Waals surface area contributed by atoms with Crippen LogP contribution in [0, 0.1) is 0 Å². The maximum absolute atomic E-state index is 4.07. The Bertz CT molecular complexity index is 447. The first-order valence-corrected chi connectivity index (χ1v) is 6.66. The van der Waals surface area contributed by atoms with Crippen LogP contribution in [-0.4, -0.2) is 0 Å². The maximum Gasteiger partial charge on any atom is -0.0162 e. The standard InChI is InChI=1S/C16H19P/c1-12(6-7-13(2)17)14-8-10-16(11-9-14)15-4-3-5-15/h6-11,15H,1-5,17H2/b7-6-. The van der Waals surface area contributed by atoms with Gasteiger partial charge in [-0.15, -0.1) is 9.24 Å². The molecule has 2 rings (SSSR count). The van der Waals surface area contributed by atoms with E-state index in [1.165, 1.54) is 30.4 Å². The predicted octanol–water partition coefficient (Wildman–Crippen LogP) is 4.91. The second-order valence-corrected chi connectivity index (χ2v) is 5.42. The molecule has 0 N–H and O–H groups in total. The van der Waals surface area contributed by atoms with E-state index in [-0.39, 0.29) is 0 Å². The molecule has 0 aromatic heterocycles. The molecule has 0 aliphatic heterocycles. The molecule has 1 saturated carbocycles. The fourth-order valence-electron chi connectivity index (χ4n) is 2.01. The van der Waals surface area contributed by atoms with Crippen LogP contribution in [0.2, 0.25) is 0 Å². The molecule has 0 saturated heterocycles. The molecular formula is C16H19P. The molecule has 1 aromatic carbocycles. The SMILES string of the molecule is C=C(P)/C=C\C(=C)c1ccc(C2CCC2)cc1. The van der Waals surface area contributed by atoms with E-state index in [2.05, 4.69) is 46.7 Å². The van der Waals surface area contributed by atoms with Crippen LogP contribution in [-0.2, 0) is 0 Å². The van der Waals surface area contributed by atoms with Crippen molar-refractivity contribution in [1.82, 2.24) is 0 Å². The van der Waals surface area contributed by atoms with Crippen molar-refractivity contribution in [1.29, 1.82) is 0 Å². The molecule has 17 heavy (non-hydrogen) atoms. The lowest BCUT2D eigenvalue weighted by Gasteiger charge is -2.25. The molecule has 1 fully saturated rings. The molecule has 0 amide bonds. The van der Waals surface area contributed by atoms with Crippen molar-refractivity contribution in [2.45, 2.75) is 25.2 Å². The van der Waals surface area contributed by atoms with Gasteiger partial charge < -0.3 is 0 Å². The summed E-state index contributed by atoms with van der Waals surface area (Å²) in [6.45, 7) is 7.88. The zero-order valence-electron chi connectivity index (χ0n) is 10.2. The summed E-state index contributed by atoms with van der Waals surface area (Å²) in [5, 5.41) is 0.970. The van der Waals surface area contributed by atoms with Gasteiger partial charge >= 0.3 is 0 Å². The van der Waals surface area contributed by atoms with Crippen molar-refractivity contribution in [3.63, 3.8) is 0 Å². The first-order chi connectivity index (χ1) is 8.16. The van der Waals surface area contributed by atoms with Gasteiger partial charge in [0.2, 0.25) is 0 Å². The molecular weight excluding hydrogens is 223 g/mol. The molecule has 1 aliphatic rings. The van der Waals surface area contributed by atoms with Crippen LogP contribution < -0.4 is 0 Å². The summed E-state index contributed by atoms with van der Waals surface area (Å²) in [5.74, 6) is 0.805. The zero-order chi connectivity index (χ0) is 12.3. The average molecular weight is 242 g/mol. The van der Waals surface area contributed by atoms with Crippen molar-refractivity contribution in [3.8, 4) is 0 Å². The van der Waals surface area contributed by atoms with E-state index in [9.17, 15) is 0 Å². The summed E-state index contributed by atoms with van der Waals surface area (Å²) in [7, 11) is 2.57. The number of hydrogen-bond donors (Lipinski definition) is 0. The van der Waals surface area contributed by atoms with E-state index in [1.807, 2.05) is 12.2 Å². The van der Waals surface area contributed by atoms with Crippen LogP contribution in [0.1, 0.15) is 36.3 Å². The second-order valence-electron chi connectivity index (χ2n) is 4.68. The lowest BCUT2D eigenvalue weighted by atomic mass is 9.80. The van der Waals surface area contributed by atoms with Gasteiger partial charge in [-0.1, -0.05) is 56.0 Å². The molecule has 0 heterocycles. The highest BCUT2D eigenvalue weighted by Gasteiger charge is 2.18. The smallest absolute Gasteiger partial charge is 0.0162 e. The van der Waals surface area contributed by atoms with Gasteiger partial charge in [-0.3, -0.25) is 0 Å². The number of hydrogen-bond acceptors (Lipinski definition) is 0. The summed E-state index contributed by atoms with van der Waals surface area (Å²) in [6, 6.07) is 8.83. The molecule has 1 aromatic rings. The minimum atomic E-state index is 0.805. The minimum Gasteiger partial charge on any atom is -0.106 e. The Morgan fingerprint density at radius 2 is 1.76 bits per heavy atom. The van der Waals surface area contributed by atoms with Crippen molar-refractivity contribution in [2.75, 3.05) is 0 Å². The first kappa shape index (κ1) is 12.3.